The number of amides is 1. The van der Waals surface area contributed by atoms with Crippen LogP contribution in [0.25, 0.3) is 22.5 Å². The summed E-state index contributed by atoms with van der Waals surface area (Å²) in [5, 5.41) is 14.1. The fourth-order valence-corrected chi connectivity index (χ4v) is 5.23. The number of methoxy groups -OCH3 is 1. The van der Waals surface area contributed by atoms with Crippen LogP contribution < -0.4 is 4.74 Å². The van der Waals surface area contributed by atoms with Crippen LogP contribution in [0, 0.1) is 11.3 Å². The van der Waals surface area contributed by atoms with E-state index in [1.54, 1.807) is 41.5 Å². The van der Waals surface area contributed by atoms with Gasteiger partial charge in [0.15, 0.2) is 5.82 Å². The van der Waals surface area contributed by atoms with E-state index in [1.165, 1.54) is 12.0 Å². The Morgan fingerprint density at radius 2 is 2.06 bits per heavy atom. The summed E-state index contributed by atoms with van der Waals surface area (Å²) in [6, 6.07) is 7.58. The standard InChI is InChI=1S/C25H25F3N6O2/c1-24(14-29)7-4-8-34(24)23(35)22-30-19(13-25(26,27)28)21-16-12-17(18-6-9-32(2)31-18)20(36-3)11-15(16)5-10-33(21)22/h6,9,11-12H,4-5,7-8,10,13H2,1-3H3/t24-/m1/s1. The van der Waals surface area contributed by atoms with Gasteiger partial charge >= 0.3 is 6.18 Å². The first-order chi connectivity index (χ1) is 17.0. The van der Waals surface area contributed by atoms with Crippen molar-refractivity contribution in [2.45, 2.75) is 50.9 Å². The van der Waals surface area contributed by atoms with Crippen LogP contribution in [0.1, 0.15) is 41.6 Å². The molecule has 1 saturated heterocycles. The predicted octanol–water partition coefficient (Wildman–Crippen LogP) is 4.14. The molecule has 2 aliphatic rings. The molecule has 5 rings (SSSR count). The van der Waals surface area contributed by atoms with Crippen molar-refractivity contribution in [2.75, 3.05) is 13.7 Å². The predicted molar refractivity (Wildman–Crippen MR) is 124 cm³/mol. The van der Waals surface area contributed by atoms with Crippen LogP contribution in [0.15, 0.2) is 24.4 Å². The van der Waals surface area contributed by atoms with Gasteiger partial charge in [-0.3, -0.25) is 9.48 Å². The number of ether oxygens (including phenoxy) is 1. The van der Waals surface area contributed by atoms with E-state index in [9.17, 15) is 23.2 Å². The van der Waals surface area contributed by atoms with Crippen LogP contribution in [0.4, 0.5) is 13.2 Å². The first-order valence-electron chi connectivity index (χ1n) is 11.7. The minimum Gasteiger partial charge on any atom is -0.496 e. The van der Waals surface area contributed by atoms with Crippen molar-refractivity contribution in [3.05, 3.63) is 41.5 Å². The van der Waals surface area contributed by atoms with Gasteiger partial charge in [0.1, 0.15) is 11.3 Å². The van der Waals surface area contributed by atoms with E-state index in [4.69, 9.17) is 4.74 Å². The maximum Gasteiger partial charge on any atom is 0.394 e. The summed E-state index contributed by atoms with van der Waals surface area (Å²) in [7, 11) is 3.31. The molecule has 3 aromatic rings. The number of rotatable bonds is 4. The molecule has 0 unspecified atom stereocenters. The normalized spacial score (nSPS) is 19.1. The van der Waals surface area contributed by atoms with Crippen molar-refractivity contribution < 1.29 is 22.7 Å². The highest BCUT2D eigenvalue weighted by Crippen LogP contribution is 2.42. The molecule has 0 saturated carbocycles. The number of benzene rings is 1. The fraction of sp³-hybridized carbons (Fsp3) is 0.440. The Bertz CT molecular complexity index is 1400. The minimum absolute atomic E-state index is 0.0616. The number of aryl methyl sites for hydroxylation is 2. The Morgan fingerprint density at radius 1 is 1.28 bits per heavy atom. The zero-order valence-electron chi connectivity index (χ0n) is 20.2. The Balaban J connectivity index is 1.69. The number of hydrogen-bond donors (Lipinski definition) is 0. The second kappa shape index (κ2) is 8.40. The van der Waals surface area contributed by atoms with E-state index in [-0.39, 0.29) is 23.8 Å². The lowest BCUT2D eigenvalue weighted by Gasteiger charge is -2.29. The van der Waals surface area contributed by atoms with E-state index in [2.05, 4.69) is 16.2 Å². The molecule has 4 heterocycles. The maximum absolute atomic E-state index is 13.6. The lowest BCUT2D eigenvalue weighted by Crippen LogP contribution is -2.45. The van der Waals surface area contributed by atoms with Crippen molar-refractivity contribution in [3.8, 4) is 34.3 Å². The molecule has 1 fully saturated rings. The van der Waals surface area contributed by atoms with Gasteiger partial charge in [-0.25, -0.2) is 4.98 Å². The van der Waals surface area contributed by atoms with E-state index in [0.717, 1.165) is 5.56 Å². The molecule has 8 nitrogen and oxygen atoms in total. The molecule has 1 atom stereocenters. The van der Waals surface area contributed by atoms with Gasteiger partial charge in [-0.15, -0.1) is 0 Å². The third-order valence-electron chi connectivity index (χ3n) is 7.00. The Morgan fingerprint density at radius 3 is 2.69 bits per heavy atom. The first kappa shape index (κ1) is 23.9. The fourth-order valence-electron chi connectivity index (χ4n) is 5.23. The smallest absolute Gasteiger partial charge is 0.394 e. The van der Waals surface area contributed by atoms with Gasteiger partial charge in [0, 0.05) is 37.5 Å². The summed E-state index contributed by atoms with van der Waals surface area (Å²) in [4.78, 5) is 19.2. The van der Waals surface area contributed by atoms with Crippen LogP contribution in [0.3, 0.4) is 0 Å². The summed E-state index contributed by atoms with van der Waals surface area (Å²) in [6.45, 7) is 2.32. The molecule has 1 aromatic carbocycles. The number of likely N-dealkylation sites (tertiary alicyclic amines) is 1. The first-order valence-corrected chi connectivity index (χ1v) is 11.7. The zero-order valence-corrected chi connectivity index (χ0v) is 20.2. The van der Waals surface area contributed by atoms with E-state index in [0.29, 0.717) is 48.4 Å². The second-order valence-corrected chi connectivity index (χ2v) is 9.45. The molecule has 1 amide bonds. The number of imidazole rings is 1. The number of carbonyl (C=O) groups is 1. The number of fused-ring (bicyclic) bond motifs is 3. The van der Waals surface area contributed by atoms with Gasteiger partial charge in [0.25, 0.3) is 5.91 Å². The van der Waals surface area contributed by atoms with Crippen molar-refractivity contribution in [2.24, 2.45) is 7.05 Å². The quantitative estimate of drug-likeness (QED) is 0.540. The van der Waals surface area contributed by atoms with Crippen molar-refractivity contribution in [3.63, 3.8) is 0 Å². The van der Waals surface area contributed by atoms with Gasteiger partial charge in [-0.05, 0) is 49.9 Å². The minimum atomic E-state index is -4.52. The average Bonchev–Trinajstić information content (AvgIpc) is 3.54. The molecule has 0 spiro atoms. The molecule has 0 bridgehead atoms. The monoisotopic (exact) mass is 498 g/mol. The summed E-state index contributed by atoms with van der Waals surface area (Å²) < 4.78 is 49.7. The lowest BCUT2D eigenvalue weighted by atomic mass is 9.92. The molecule has 36 heavy (non-hydrogen) atoms. The van der Waals surface area contributed by atoms with E-state index in [1.807, 2.05) is 6.07 Å². The number of aromatic nitrogens is 4. The summed E-state index contributed by atoms with van der Waals surface area (Å²) >= 11 is 0. The SMILES string of the molecule is COc1cc2c(cc1-c1ccn(C)n1)-c1c(CC(F)(F)F)nc(C(=O)N3CCC[C@]3(C)C#N)n1CC2. The second-order valence-electron chi connectivity index (χ2n) is 9.45. The van der Waals surface area contributed by atoms with Crippen LogP contribution in [-0.2, 0) is 26.4 Å². The molecule has 0 N–H and O–H groups in total. The van der Waals surface area contributed by atoms with Gasteiger partial charge in [0.2, 0.25) is 0 Å². The summed E-state index contributed by atoms with van der Waals surface area (Å²) in [5.74, 6) is -0.0162. The topological polar surface area (TPSA) is 89.0 Å². The average molecular weight is 499 g/mol. The Kier molecular flexibility index (Phi) is 5.58. The zero-order chi connectivity index (χ0) is 25.8. The number of halogens is 3. The third kappa shape index (κ3) is 3.90. The molecule has 2 aromatic heterocycles. The van der Waals surface area contributed by atoms with Crippen LogP contribution in [0.5, 0.6) is 5.75 Å². The number of nitriles is 1. The molecule has 188 valence electrons. The summed E-state index contributed by atoms with van der Waals surface area (Å²) in [5.41, 5.74) is 1.68. The van der Waals surface area contributed by atoms with E-state index >= 15 is 0 Å². The van der Waals surface area contributed by atoms with Crippen LogP contribution in [0.2, 0.25) is 0 Å². The molecule has 0 aliphatic carbocycles. The third-order valence-corrected chi connectivity index (χ3v) is 7.00. The van der Waals surface area contributed by atoms with Gasteiger partial charge < -0.3 is 14.2 Å². The highest BCUT2D eigenvalue weighted by molar-refractivity contribution is 5.94. The highest BCUT2D eigenvalue weighted by atomic mass is 19.4. The number of alkyl halides is 3. The highest BCUT2D eigenvalue weighted by Gasteiger charge is 2.43. The molecular formula is C25H25F3N6O2. The number of hydrogen-bond acceptors (Lipinski definition) is 5. The molecule has 2 aliphatic heterocycles. The van der Waals surface area contributed by atoms with Crippen molar-refractivity contribution >= 4 is 5.91 Å². The molecule has 11 heteroatoms. The Hall–Kier alpha value is -3.81. The number of carbonyl (C=O) groups excluding carboxylic acids is 1. The Labute approximate surface area is 205 Å². The van der Waals surface area contributed by atoms with Gasteiger partial charge in [-0.1, -0.05) is 0 Å². The van der Waals surface area contributed by atoms with E-state index < -0.39 is 24.0 Å². The molecular weight excluding hydrogens is 473 g/mol. The van der Waals surface area contributed by atoms with Crippen molar-refractivity contribution in [1.82, 2.24) is 24.2 Å². The van der Waals surface area contributed by atoms with Gasteiger partial charge in [-0.2, -0.15) is 23.5 Å². The van der Waals surface area contributed by atoms with Gasteiger partial charge in [0.05, 0.1) is 36.7 Å². The number of nitrogens with zero attached hydrogens (tertiary/aromatic N) is 6. The van der Waals surface area contributed by atoms with Crippen LogP contribution in [-0.4, -0.2) is 55.5 Å². The van der Waals surface area contributed by atoms with Crippen molar-refractivity contribution in [1.29, 1.82) is 5.26 Å². The largest absolute Gasteiger partial charge is 0.496 e. The maximum atomic E-state index is 13.6. The van der Waals surface area contributed by atoms with Crippen LogP contribution >= 0.6 is 0 Å². The molecule has 0 radical (unpaired) electrons. The summed E-state index contributed by atoms with van der Waals surface area (Å²) in [6.07, 6.45) is -2.37. The lowest BCUT2D eigenvalue weighted by molar-refractivity contribution is -0.127.